The van der Waals surface area contributed by atoms with Gasteiger partial charge in [-0.2, -0.15) is 0 Å². The van der Waals surface area contributed by atoms with Crippen molar-refractivity contribution in [1.82, 2.24) is 0 Å². The lowest BCUT2D eigenvalue weighted by molar-refractivity contribution is -0.377. The molecule has 1 spiro atoms. The molecule has 8 saturated heterocycles. The number of ether oxygens (including phenoxy) is 12. The molecule has 12 heterocycles. The van der Waals surface area contributed by atoms with Gasteiger partial charge in [-0.05, 0) is 105 Å². The van der Waals surface area contributed by atoms with Crippen molar-refractivity contribution in [2.24, 2.45) is 50.2 Å². The number of aliphatic hydroxyl groups is 15. The molecule has 0 aromatic heterocycles. The SMILES string of the molecule is CC1OC2OC3C(OCC(O)C3O)OC(=O)C34CCC(C)(C)CC3C3=CCC5C6(C)CC(O)C(OC7OC(CO)C(O)C(O)C7OC7OCC(OC(=O)CC(C)(O)CC(=O)OC1C(OC1OCC(O)C(O)C1O)C2O)C(O)C7O)C(C)(CO)C6CCC5(C)C3(C)CC4O. The van der Waals surface area contributed by atoms with E-state index in [4.69, 9.17) is 56.8 Å². The maximum Gasteiger partial charge on any atom is 0.317 e. The van der Waals surface area contributed by atoms with Gasteiger partial charge in [0.1, 0.15) is 84.8 Å². The summed E-state index contributed by atoms with van der Waals surface area (Å²) >= 11 is 0. The van der Waals surface area contributed by atoms with Crippen molar-refractivity contribution in [2.75, 3.05) is 33.0 Å². The Morgan fingerprint density at radius 3 is 1.90 bits per heavy atom. The molecule has 530 valence electrons. The highest BCUT2D eigenvalue weighted by atomic mass is 16.8. The van der Waals surface area contributed by atoms with Crippen molar-refractivity contribution in [3.63, 3.8) is 0 Å². The van der Waals surface area contributed by atoms with Crippen molar-refractivity contribution in [3.8, 4) is 0 Å². The van der Waals surface area contributed by atoms with Crippen LogP contribution in [-0.2, 0) is 71.2 Å². The van der Waals surface area contributed by atoms with Gasteiger partial charge in [-0.1, -0.05) is 53.2 Å². The third-order valence-electron chi connectivity index (χ3n) is 24.0. The summed E-state index contributed by atoms with van der Waals surface area (Å²) in [6, 6.07) is 0. The minimum absolute atomic E-state index is 0.0693. The van der Waals surface area contributed by atoms with Gasteiger partial charge in [0.2, 0.25) is 6.29 Å². The maximum absolute atomic E-state index is 15.7. The predicted octanol–water partition coefficient (Wildman–Crippen LogP) is -3.71. The molecule has 12 aliphatic heterocycles. The molecular formula is C63H98O30. The maximum atomic E-state index is 15.7. The van der Waals surface area contributed by atoms with Crippen LogP contribution in [-0.4, -0.2) is 287 Å². The zero-order valence-electron chi connectivity index (χ0n) is 53.7. The predicted molar refractivity (Wildman–Crippen MR) is 308 cm³/mol. The van der Waals surface area contributed by atoms with Crippen LogP contribution < -0.4 is 0 Å². The highest BCUT2D eigenvalue weighted by Crippen LogP contribution is 2.76. The highest BCUT2D eigenvalue weighted by Gasteiger charge is 2.73. The lowest BCUT2D eigenvalue weighted by atomic mass is 9.33. The van der Waals surface area contributed by atoms with Crippen LogP contribution in [0.4, 0.5) is 0 Å². The van der Waals surface area contributed by atoms with Gasteiger partial charge in [-0.15, -0.1) is 0 Å². The van der Waals surface area contributed by atoms with Gasteiger partial charge in [0, 0.05) is 5.41 Å². The van der Waals surface area contributed by atoms with Gasteiger partial charge in [0.05, 0.1) is 75.9 Å². The summed E-state index contributed by atoms with van der Waals surface area (Å²) in [6.45, 7) is 11.5. The van der Waals surface area contributed by atoms with E-state index in [0.29, 0.717) is 32.1 Å². The summed E-state index contributed by atoms with van der Waals surface area (Å²) in [5, 5.41) is 172. The fraction of sp³-hybridized carbons (Fsp3) is 0.921. The molecule has 34 unspecified atom stereocenters. The van der Waals surface area contributed by atoms with E-state index in [2.05, 4.69) is 40.7 Å². The third kappa shape index (κ3) is 12.3. The highest BCUT2D eigenvalue weighted by molar-refractivity contribution is 5.80. The summed E-state index contributed by atoms with van der Waals surface area (Å²) in [4.78, 5) is 43.1. The number of hydrogen-bond donors (Lipinski definition) is 15. The first-order valence-electron chi connectivity index (χ1n) is 32.7. The lowest BCUT2D eigenvalue weighted by Crippen LogP contribution is -2.71. The molecule has 12 fully saturated rings. The molecule has 12 bridgehead atoms. The molecule has 93 heavy (non-hydrogen) atoms. The zero-order valence-corrected chi connectivity index (χ0v) is 53.7. The van der Waals surface area contributed by atoms with E-state index in [1.165, 1.54) is 6.92 Å². The fourth-order valence-corrected chi connectivity index (χ4v) is 18.6. The molecule has 0 aromatic carbocycles. The molecule has 30 nitrogen and oxygen atoms in total. The van der Waals surface area contributed by atoms with Crippen LogP contribution >= 0.6 is 0 Å². The van der Waals surface area contributed by atoms with Gasteiger partial charge in [-0.3, -0.25) is 14.4 Å². The van der Waals surface area contributed by atoms with E-state index >= 15 is 4.79 Å². The third-order valence-corrected chi connectivity index (χ3v) is 24.0. The van der Waals surface area contributed by atoms with Crippen LogP contribution in [0.15, 0.2) is 11.6 Å². The van der Waals surface area contributed by atoms with Gasteiger partial charge in [0.15, 0.2) is 43.5 Å². The van der Waals surface area contributed by atoms with Crippen LogP contribution in [0.3, 0.4) is 0 Å². The second-order valence-corrected chi connectivity index (χ2v) is 30.6. The minimum atomic E-state index is -2.31. The quantitative estimate of drug-likeness (QED) is 0.0557. The molecule has 34 atom stereocenters. The summed E-state index contributed by atoms with van der Waals surface area (Å²) in [5.41, 5.74) is -6.89. The van der Waals surface area contributed by atoms with Gasteiger partial charge in [0.25, 0.3) is 0 Å². The molecule has 0 amide bonds. The molecule has 4 saturated carbocycles. The van der Waals surface area contributed by atoms with Crippen LogP contribution in [0.5, 0.6) is 0 Å². The average Bonchev–Trinajstić information content (AvgIpc) is 0.671. The topological polar surface area (TPSA) is 465 Å². The molecule has 0 aromatic rings. The van der Waals surface area contributed by atoms with Crippen LogP contribution in [0.2, 0.25) is 0 Å². The Labute approximate surface area is 537 Å². The molecule has 30 heteroatoms. The normalized spacial score (nSPS) is 54.8. The first-order valence-corrected chi connectivity index (χ1v) is 32.7. The molecule has 5 aliphatic carbocycles. The smallest absolute Gasteiger partial charge is 0.317 e. The molecule has 17 aliphatic rings. The molecular weight excluding hydrogens is 1240 g/mol. The standard InChI is InChI=1S/C63H98O30/c1-25-46-47(89-51-43(77)38(72)29(67)21-82-51)45(79)53(85-25)91-48-39(73)30(68)22-83-54(48)93-56(80)63-14-13-57(2,3)15-27(63)26-9-10-34-59(5)16-28(66)50(60(6,24-65)33(59)11-12-61(34,7)62(26,8)17-35(63)69)92-55-49(42(76)40(74)31(20-64)87-55)90-52-44(78)41(75)32(23-84-52)86-36(70)18-58(4,81)19-37(71)88-46/h9,25,27-35,38-55,64-69,72-79,81H,10-24H2,1-8H3. The second kappa shape index (κ2) is 26.0. The van der Waals surface area contributed by atoms with Gasteiger partial charge >= 0.3 is 17.9 Å². The van der Waals surface area contributed by atoms with E-state index in [9.17, 15) is 86.2 Å². The summed E-state index contributed by atoms with van der Waals surface area (Å²) in [7, 11) is 0. The minimum Gasteiger partial charge on any atom is -0.457 e. The lowest BCUT2D eigenvalue weighted by Gasteiger charge is -2.72. The van der Waals surface area contributed by atoms with Crippen LogP contribution in [0.25, 0.3) is 0 Å². The van der Waals surface area contributed by atoms with Crippen molar-refractivity contribution in [3.05, 3.63) is 11.6 Å². The van der Waals surface area contributed by atoms with Crippen molar-refractivity contribution in [2.45, 2.75) is 279 Å². The average molecular weight is 1340 g/mol. The van der Waals surface area contributed by atoms with E-state index < -0.39 is 262 Å². The molecule has 0 radical (unpaired) electrons. The summed E-state index contributed by atoms with van der Waals surface area (Å²) in [6.07, 6.45) is -41.1. The first kappa shape index (κ1) is 71.5. The fourth-order valence-electron chi connectivity index (χ4n) is 18.6. The van der Waals surface area contributed by atoms with E-state index in [-0.39, 0.29) is 30.6 Å². The van der Waals surface area contributed by atoms with Crippen molar-refractivity contribution in [1.29, 1.82) is 0 Å². The Hall–Kier alpha value is -2.81. The molecule has 15 N–H and O–H groups in total. The number of aliphatic hydroxyl groups excluding tert-OH is 14. The van der Waals surface area contributed by atoms with Crippen molar-refractivity contribution < 1.29 is 148 Å². The Morgan fingerprint density at radius 1 is 0.570 bits per heavy atom. The number of carbonyl (C=O) groups excluding carboxylic acids is 3. The Morgan fingerprint density at radius 2 is 1.22 bits per heavy atom. The van der Waals surface area contributed by atoms with Gasteiger partial charge < -0.3 is 133 Å². The molecule has 17 rings (SSSR count). The number of allylic oxidation sites excluding steroid dienone is 2. The number of esters is 3. The summed E-state index contributed by atoms with van der Waals surface area (Å²) < 4.78 is 72.0. The monoisotopic (exact) mass is 1330 g/mol. The second-order valence-electron chi connectivity index (χ2n) is 30.6. The number of carbonyl (C=O) groups is 3. The van der Waals surface area contributed by atoms with Crippen molar-refractivity contribution >= 4 is 17.9 Å². The summed E-state index contributed by atoms with van der Waals surface area (Å²) in [5.74, 6) is -4.65. The van der Waals surface area contributed by atoms with Gasteiger partial charge in [-0.25, -0.2) is 0 Å². The Balaban J connectivity index is 0.961. The Kier molecular flexibility index (Phi) is 20.0. The van der Waals surface area contributed by atoms with E-state index in [1.807, 2.05) is 0 Å². The zero-order chi connectivity index (χ0) is 67.8. The Bertz CT molecular complexity index is 2740. The number of hydrogen-bond acceptors (Lipinski definition) is 30. The van der Waals surface area contributed by atoms with Crippen LogP contribution in [0.1, 0.15) is 120 Å². The van der Waals surface area contributed by atoms with E-state index in [1.54, 1.807) is 6.92 Å². The first-order chi connectivity index (χ1) is 43.5. The van der Waals surface area contributed by atoms with Crippen LogP contribution in [0, 0.1) is 50.2 Å². The number of rotatable bonds is 4. The van der Waals surface area contributed by atoms with E-state index in [0.717, 1.165) is 12.5 Å². The largest absolute Gasteiger partial charge is 0.457 e.